The maximum absolute atomic E-state index is 2.50. The highest BCUT2D eigenvalue weighted by atomic mass is 14.1. The summed E-state index contributed by atoms with van der Waals surface area (Å²) in [5.41, 5.74) is 1.74. The molecule has 1 saturated carbocycles. The summed E-state index contributed by atoms with van der Waals surface area (Å²) in [4.78, 5) is 0. The Morgan fingerprint density at radius 1 is 1.17 bits per heavy atom. The lowest BCUT2D eigenvalue weighted by Gasteiger charge is -2.13. The Morgan fingerprint density at radius 3 is 2.42 bits per heavy atom. The van der Waals surface area contributed by atoms with Gasteiger partial charge in [0, 0.05) is 0 Å². The second-order valence-corrected chi connectivity index (χ2v) is 4.39. The van der Waals surface area contributed by atoms with Crippen LogP contribution in [0.4, 0.5) is 0 Å². The lowest BCUT2D eigenvalue weighted by Crippen LogP contribution is -1.94. The molecule has 0 radical (unpaired) electrons. The molecule has 0 heterocycles. The molecule has 1 aliphatic carbocycles. The molecule has 1 rings (SSSR count). The Morgan fingerprint density at radius 2 is 1.83 bits per heavy atom. The Hall–Kier alpha value is -0.260. The van der Waals surface area contributed by atoms with Crippen LogP contribution in [0.5, 0.6) is 0 Å². The summed E-state index contributed by atoms with van der Waals surface area (Å²) in [6.07, 6.45) is 12.3. The molecule has 70 valence electrons. The van der Waals surface area contributed by atoms with Crippen LogP contribution in [0.25, 0.3) is 0 Å². The van der Waals surface area contributed by atoms with Gasteiger partial charge in [-0.15, -0.1) is 0 Å². The van der Waals surface area contributed by atoms with Crippen LogP contribution in [0.15, 0.2) is 11.6 Å². The Balaban J connectivity index is 2.16. The molecular formula is C12H22. The molecule has 0 unspecified atom stereocenters. The van der Waals surface area contributed by atoms with Gasteiger partial charge in [-0.3, -0.25) is 0 Å². The van der Waals surface area contributed by atoms with Gasteiger partial charge in [0.1, 0.15) is 0 Å². The third-order valence-electron chi connectivity index (χ3n) is 2.67. The van der Waals surface area contributed by atoms with Crippen LogP contribution in [-0.2, 0) is 0 Å². The molecule has 1 aliphatic rings. The van der Waals surface area contributed by atoms with Gasteiger partial charge < -0.3 is 0 Å². The van der Waals surface area contributed by atoms with E-state index in [1.54, 1.807) is 5.57 Å². The van der Waals surface area contributed by atoms with Gasteiger partial charge >= 0.3 is 0 Å². The Kier molecular flexibility index (Phi) is 4.42. The zero-order chi connectivity index (χ0) is 8.81. The van der Waals surface area contributed by atoms with E-state index in [1.165, 1.54) is 44.9 Å². The highest BCUT2D eigenvalue weighted by molar-refractivity contribution is 5.03. The standard InChI is InChI=1S/C12H22/c1-11(2)7-6-10-12-8-4-3-5-9-12/h10-11H,3-9H2,1-2H3. The van der Waals surface area contributed by atoms with Crippen molar-refractivity contribution in [2.24, 2.45) is 5.92 Å². The van der Waals surface area contributed by atoms with Crippen molar-refractivity contribution in [3.63, 3.8) is 0 Å². The molecule has 0 heteroatoms. The molecule has 0 aromatic carbocycles. The lowest BCUT2D eigenvalue weighted by molar-refractivity contribution is 0.574. The molecule has 0 aliphatic heterocycles. The first-order chi connectivity index (χ1) is 5.79. The molecule has 0 bridgehead atoms. The Bertz CT molecular complexity index is 134. The van der Waals surface area contributed by atoms with Crippen LogP contribution in [0, 0.1) is 5.92 Å². The van der Waals surface area contributed by atoms with Gasteiger partial charge in [-0.25, -0.2) is 0 Å². The van der Waals surface area contributed by atoms with Crippen molar-refractivity contribution >= 4 is 0 Å². The molecule has 0 N–H and O–H groups in total. The molecule has 12 heavy (non-hydrogen) atoms. The van der Waals surface area contributed by atoms with Gasteiger partial charge in [0.05, 0.1) is 0 Å². The topological polar surface area (TPSA) is 0 Å². The lowest BCUT2D eigenvalue weighted by atomic mass is 9.93. The van der Waals surface area contributed by atoms with Crippen molar-refractivity contribution in [1.82, 2.24) is 0 Å². The van der Waals surface area contributed by atoms with Crippen molar-refractivity contribution in [3.8, 4) is 0 Å². The highest BCUT2D eigenvalue weighted by Gasteiger charge is 2.04. The largest absolute Gasteiger partial charge is 0.0853 e. The van der Waals surface area contributed by atoms with E-state index in [0.29, 0.717) is 0 Å². The van der Waals surface area contributed by atoms with E-state index in [2.05, 4.69) is 19.9 Å². The third kappa shape index (κ3) is 3.94. The molecule has 0 amide bonds. The number of rotatable bonds is 3. The summed E-state index contributed by atoms with van der Waals surface area (Å²) in [6, 6.07) is 0. The minimum absolute atomic E-state index is 0.866. The van der Waals surface area contributed by atoms with Gasteiger partial charge in [-0.05, 0) is 44.4 Å². The summed E-state index contributed by atoms with van der Waals surface area (Å²) >= 11 is 0. The van der Waals surface area contributed by atoms with Crippen molar-refractivity contribution in [2.75, 3.05) is 0 Å². The first kappa shape index (κ1) is 9.83. The van der Waals surface area contributed by atoms with Gasteiger partial charge in [0.2, 0.25) is 0 Å². The third-order valence-corrected chi connectivity index (χ3v) is 2.67. The van der Waals surface area contributed by atoms with Gasteiger partial charge in [0.15, 0.2) is 0 Å². The van der Waals surface area contributed by atoms with Gasteiger partial charge in [0.25, 0.3) is 0 Å². The van der Waals surface area contributed by atoms with Crippen LogP contribution in [0.2, 0.25) is 0 Å². The fourth-order valence-corrected chi connectivity index (χ4v) is 1.83. The van der Waals surface area contributed by atoms with Crippen LogP contribution in [-0.4, -0.2) is 0 Å². The number of hydrogen-bond donors (Lipinski definition) is 0. The molecule has 0 atom stereocenters. The summed E-state index contributed by atoms with van der Waals surface area (Å²) in [5.74, 6) is 0.866. The monoisotopic (exact) mass is 166 g/mol. The molecule has 1 fully saturated rings. The maximum atomic E-state index is 2.50. The fraction of sp³-hybridized carbons (Fsp3) is 0.833. The molecule has 0 aromatic rings. The zero-order valence-electron chi connectivity index (χ0n) is 8.60. The van der Waals surface area contributed by atoms with Crippen molar-refractivity contribution in [2.45, 2.75) is 58.8 Å². The number of hydrogen-bond acceptors (Lipinski definition) is 0. The molecule has 0 aromatic heterocycles. The predicted molar refractivity (Wildman–Crippen MR) is 55.2 cm³/mol. The quantitative estimate of drug-likeness (QED) is 0.548. The zero-order valence-corrected chi connectivity index (χ0v) is 8.60. The van der Waals surface area contributed by atoms with E-state index in [-0.39, 0.29) is 0 Å². The SMILES string of the molecule is CC(C)CCC=C1CCCCC1. The van der Waals surface area contributed by atoms with Crippen molar-refractivity contribution in [3.05, 3.63) is 11.6 Å². The van der Waals surface area contributed by atoms with E-state index in [9.17, 15) is 0 Å². The minimum Gasteiger partial charge on any atom is -0.0853 e. The summed E-state index contributed by atoms with van der Waals surface area (Å²) in [6.45, 7) is 4.61. The van der Waals surface area contributed by atoms with E-state index < -0.39 is 0 Å². The second-order valence-electron chi connectivity index (χ2n) is 4.39. The highest BCUT2D eigenvalue weighted by Crippen LogP contribution is 2.23. The fourth-order valence-electron chi connectivity index (χ4n) is 1.83. The predicted octanol–water partition coefficient (Wildman–Crippen LogP) is 4.31. The van der Waals surface area contributed by atoms with Gasteiger partial charge in [-0.1, -0.05) is 31.9 Å². The van der Waals surface area contributed by atoms with Crippen LogP contribution in [0.3, 0.4) is 0 Å². The average Bonchev–Trinajstić information content (AvgIpc) is 2.05. The van der Waals surface area contributed by atoms with Crippen LogP contribution >= 0.6 is 0 Å². The number of allylic oxidation sites excluding steroid dienone is 2. The van der Waals surface area contributed by atoms with Crippen molar-refractivity contribution < 1.29 is 0 Å². The Labute approximate surface area is 77.1 Å². The van der Waals surface area contributed by atoms with E-state index in [0.717, 1.165) is 5.92 Å². The molecule has 0 saturated heterocycles. The molecule has 0 nitrogen and oxygen atoms in total. The first-order valence-corrected chi connectivity index (χ1v) is 5.47. The van der Waals surface area contributed by atoms with E-state index in [1.807, 2.05) is 0 Å². The summed E-state index contributed by atoms with van der Waals surface area (Å²) in [5, 5.41) is 0. The minimum atomic E-state index is 0.866. The molecule has 0 spiro atoms. The molecular weight excluding hydrogens is 144 g/mol. The average molecular weight is 166 g/mol. The second kappa shape index (κ2) is 5.40. The van der Waals surface area contributed by atoms with Crippen LogP contribution in [0.1, 0.15) is 58.8 Å². The summed E-state index contributed by atoms with van der Waals surface area (Å²) < 4.78 is 0. The van der Waals surface area contributed by atoms with Crippen LogP contribution < -0.4 is 0 Å². The normalized spacial score (nSPS) is 18.4. The van der Waals surface area contributed by atoms with Gasteiger partial charge in [-0.2, -0.15) is 0 Å². The van der Waals surface area contributed by atoms with Crippen molar-refractivity contribution in [1.29, 1.82) is 0 Å². The maximum Gasteiger partial charge on any atom is -0.0320 e. The van der Waals surface area contributed by atoms with E-state index >= 15 is 0 Å². The summed E-state index contributed by atoms with van der Waals surface area (Å²) in [7, 11) is 0. The van der Waals surface area contributed by atoms with E-state index in [4.69, 9.17) is 0 Å². The first-order valence-electron chi connectivity index (χ1n) is 5.47. The smallest absolute Gasteiger partial charge is 0.0320 e.